The first kappa shape index (κ1) is 4.94. The topological polar surface area (TPSA) is 18.5 Å². The Kier molecular flexibility index (Phi) is 1.54. The fourth-order valence-corrected chi connectivity index (χ4v) is 0.490. The van der Waals surface area contributed by atoms with Crippen molar-refractivity contribution in [1.29, 1.82) is 0 Å². The van der Waals surface area contributed by atoms with Crippen molar-refractivity contribution < 1.29 is 9.47 Å². The summed E-state index contributed by atoms with van der Waals surface area (Å²) in [6, 6.07) is 0. The van der Waals surface area contributed by atoms with Crippen LogP contribution in [0.4, 0.5) is 0 Å². The van der Waals surface area contributed by atoms with Crippen molar-refractivity contribution in [3.63, 3.8) is 0 Å². The summed E-state index contributed by atoms with van der Waals surface area (Å²) >= 11 is 5.24. The number of rotatable bonds is 0. The molecular formula is C4H5ClO2. The molecule has 0 unspecified atom stereocenters. The Bertz CT molecular complexity index is 81.7. The quantitative estimate of drug-likeness (QED) is 0.476. The summed E-state index contributed by atoms with van der Waals surface area (Å²) < 4.78 is 9.58. The predicted octanol–water partition coefficient (Wildman–Crippen LogP) is 1.07. The van der Waals surface area contributed by atoms with Gasteiger partial charge in [0.2, 0.25) is 0 Å². The molecule has 7 heavy (non-hydrogen) atoms. The molecule has 0 aromatic heterocycles. The molecule has 0 atom stereocenters. The van der Waals surface area contributed by atoms with Gasteiger partial charge in [-0.25, -0.2) is 0 Å². The van der Waals surface area contributed by atoms with Gasteiger partial charge in [0.25, 0.3) is 0 Å². The average Bonchev–Trinajstić information content (AvgIpc) is 2.14. The summed E-state index contributed by atoms with van der Waals surface area (Å²) in [7, 11) is 0. The summed E-state index contributed by atoms with van der Waals surface area (Å²) in [6.07, 6.45) is 0. The maximum atomic E-state index is 5.24. The van der Waals surface area contributed by atoms with Gasteiger partial charge in [-0.15, -0.1) is 0 Å². The predicted molar refractivity (Wildman–Crippen MR) is 25.8 cm³/mol. The van der Waals surface area contributed by atoms with E-state index in [1.54, 1.807) is 0 Å². The van der Waals surface area contributed by atoms with E-state index >= 15 is 0 Å². The highest BCUT2D eigenvalue weighted by atomic mass is 35.5. The third kappa shape index (κ3) is 1.08. The lowest BCUT2D eigenvalue weighted by atomic mass is 10.6. The molecule has 3 heteroatoms. The van der Waals surface area contributed by atoms with Crippen LogP contribution >= 0.6 is 11.6 Å². The Morgan fingerprint density at radius 1 is 1.71 bits per heavy atom. The van der Waals surface area contributed by atoms with Crippen molar-refractivity contribution in [3.8, 4) is 0 Å². The van der Waals surface area contributed by atoms with Gasteiger partial charge in [-0.3, -0.25) is 0 Å². The SMILES string of the molecule is Cl/C=C1/COCO1. The molecule has 0 spiro atoms. The molecule has 1 rings (SSSR count). The molecule has 0 aromatic carbocycles. The van der Waals surface area contributed by atoms with Crippen molar-refractivity contribution >= 4 is 11.6 Å². The lowest BCUT2D eigenvalue weighted by Gasteiger charge is -1.86. The Labute approximate surface area is 46.7 Å². The van der Waals surface area contributed by atoms with Crippen LogP contribution in [0.5, 0.6) is 0 Å². The number of hydrogen-bond donors (Lipinski definition) is 0. The normalized spacial score (nSPS) is 25.6. The lowest BCUT2D eigenvalue weighted by molar-refractivity contribution is 0.0801. The van der Waals surface area contributed by atoms with Gasteiger partial charge >= 0.3 is 0 Å². The minimum Gasteiger partial charge on any atom is -0.468 e. The van der Waals surface area contributed by atoms with Crippen molar-refractivity contribution in [3.05, 3.63) is 11.3 Å². The van der Waals surface area contributed by atoms with E-state index in [2.05, 4.69) is 0 Å². The highest BCUT2D eigenvalue weighted by molar-refractivity contribution is 6.25. The van der Waals surface area contributed by atoms with Crippen LogP contribution in [0, 0.1) is 0 Å². The first-order valence-corrected chi connectivity index (χ1v) is 2.37. The molecule has 1 fully saturated rings. The van der Waals surface area contributed by atoms with E-state index in [1.165, 1.54) is 5.54 Å². The molecule has 0 amide bonds. The second-order valence-electron chi connectivity index (χ2n) is 1.19. The first-order chi connectivity index (χ1) is 3.43. The zero-order chi connectivity index (χ0) is 5.11. The maximum Gasteiger partial charge on any atom is 0.189 e. The van der Waals surface area contributed by atoms with Crippen molar-refractivity contribution in [2.45, 2.75) is 0 Å². The highest BCUT2D eigenvalue weighted by Gasteiger charge is 2.04. The Morgan fingerprint density at radius 3 is 2.86 bits per heavy atom. The van der Waals surface area contributed by atoms with Crippen LogP contribution in [0.2, 0.25) is 0 Å². The fourth-order valence-electron chi connectivity index (χ4n) is 0.364. The zero-order valence-electron chi connectivity index (χ0n) is 3.69. The minimum atomic E-state index is 0.346. The Hall–Kier alpha value is -0.210. The van der Waals surface area contributed by atoms with Gasteiger partial charge in [0.15, 0.2) is 6.79 Å². The fraction of sp³-hybridized carbons (Fsp3) is 0.500. The van der Waals surface area contributed by atoms with E-state index in [1.807, 2.05) is 0 Å². The molecule has 40 valence electrons. The van der Waals surface area contributed by atoms with E-state index in [-0.39, 0.29) is 0 Å². The van der Waals surface area contributed by atoms with E-state index in [9.17, 15) is 0 Å². The van der Waals surface area contributed by atoms with Gasteiger partial charge < -0.3 is 9.47 Å². The summed E-state index contributed by atoms with van der Waals surface area (Å²) in [5.41, 5.74) is 1.38. The van der Waals surface area contributed by atoms with Gasteiger partial charge in [-0.05, 0) is 0 Å². The second-order valence-corrected chi connectivity index (χ2v) is 1.40. The van der Waals surface area contributed by atoms with Crippen LogP contribution in [0.15, 0.2) is 11.3 Å². The van der Waals surface area contributed by atoms with Crippen molar-refractivity contribution in [2.24, 2.45) is 0 Å². The van der Waals surface area contributed by atoms with Crippen LogP contribution in [-0.2, 0) is 9.47 Å². The van der Waals surface area contributed by atoms with Gasteiger partial charge in [0, 0.05) is 5.54 Å². The molecule has 0 N–H and O–H groups in total. The van der Waals surface area contributed by atoms with Crippen LogP contribution in [0.25, 0.3) is 0 Å². The van der Waals surface area contributed by atoms with Crippen molar-refractivity contribution in [2.75, 3.05) is 13.4 Å². The van der Waals surface area contributed by atoms with Gasteiger partial charge in [0.1, 0.15) is 12.4 Å². The van der Waals surface area contributed by atoms with E-state index in [0.29, 0.717) is 19.2 Å². The summed E-state index contributed by atoms with van der Waals surface area (Å²) in [4.78, 5) is 0. The number of hydrogen-bond acceptors (Lipinski definition) is 2. The van der Waals surface area contributed by atoms with E-state index in [0.717, 1.165) is 0 Å². The zero-order valence-corrected chi connectivity index (χ0v) is 4.44. The highest BCUT2D eigenvalue weighted by Crippen LogP contribution is 2.06. The molecule has 0 aromatic rings. The molecule has 1 aliphatic heterocycles. The Balaban J connectivity index is 2.41. The molecule has 1 saturated heterocycles. The summed E-state index contributed by atoms with van der Waals surface area (Å²) in [5, 5.41) is 0. The monoisotopic (exact) mass is 120 g/mol. The van der Waals surface area contributed by atoms with Gasteiger partial charge in [-0.2, -0.15) is 0 Å². The molecule has 0 aliphatic carbocycles. The largest absolute Gasteiger partial charge is 0.468 e. The summed E-state index contributed by atoms with van der Waals surface area (Å²) in [5.74, 6) is 0.710. The number of ether oxygens (including phenoxy) is 2. The van der Waals surface area contributed by atoms with Crippen molar-refractivity contribution in [1.82, 2.24) is 0 Å². The van der Waals surface area contributed by atoms with E-state index in [4.69, 9.17) is 21.1 Å². The van der Waals surface area contributed by atoms with Gasteiger partial charge in [-0.1, -0.05) is 11.6 Å². The Morgan fingerprint density at radius 2 is 2.57 bits per heavy atom. The molecule has 0 saturated carbocycles. The first-order valence-electron chi connectivity index (χ1n) is 1.93. The smallest absolute Gasteiger partial charge is 0.189 e. The minimum absolute atomic E-state index is 0.346. The molecular weight excluding hydrogens is 115 g/mol. The standard InChI is InChI=1S/C4H5ClO2/c5-1-4-2-6-3-7-4/h1H,2-3H2/b4-1-. The van der Waals surface area contributed by atoms with Crippen LogP contribution < -0.4 is 0 Å². The van der Waals surface area contributed by atoms with E-state index < -0.39 is 0 Å². The van der Waals surface area contributed by atoms with Gasteiger partial charge in [0.05, 0.1) is 0 Å². The second kappa shape index (κ2) is 2.19. The van der Waals surface area contributed by atoms with Crippen LogP contribution in [0.3, 0.4) is 0 Å². The molecule has 1 heterocycles. The molecule has 0 bridgehead atoms. The maximum absolute atomic E-state index is 5.24. The molecule has 1 aliphatic rings. The number of halogens is 1. The third-order valence-corrected chi connectivity index (χ3v) is 0.937. The van der Waals surface area contributed by atoms with Crippen LogP contribution in [-0.4, -0.2) is 13.4 Å². The third-order valence-electron chi connectivity index (χ3n) is 0.694. The lowest BCUT2D eigenvalue weighted by Crippen LogP contribution is -1.77. The molecule has 0 radical (unpaired) electrons. The average molecular weight is 121 g/mol. The molecule has 2 nitrogen and oxygen atoms in total. The summed E-state index contributed by atoms with van der Waals surface area (Å²) in [6.45, 7) is 0.863. The van der Waals surface area contributed by atoms with Crippen LogP contribution in [0.1, 0.15) is 0 Å².